The molecule has 1 heterocycles. The van der Waals surface area contributed by atoms with Gasteiger partial charge in [-0.05, 0) is 121 Å². The lowest BCUT2D eigenvalue weighted by molar-refractivity contribution is -0.329. The first kappa shape index (κ1) is 37.4. The van der Waals surface area contributed by atoms with Gasteiger partial charge in [0.05, 0.1) is 24.4 Å². The molecule has 1 saturated heterocycles. The van der Waals surface area contributed by atoms with Crippen LogP contribution in [0.1, 0.15) is 113 Å². The molecule has 0 radical (unpaired) electrons. The average molecular weight is 703 g/mol. The minimum atomic E-state index is -5.02. The maximum Gasteiger partial charge on any atom is 0.397 e. The first-order valence-electron chi connectivity index (χ1n) is 18.3. The highest BCUT2D eigenvalue weighted by atomic mass is 32.3. The molecule has 48 heavy (non-hydrogen) atoms. The minimum Gasteiger partial charge on any atom is -0.394 e. The molecule has 278 valence electrons. The van der Waals surface area contributed by atoms with E-state index in [0.29, 0.717) is 24.7 Å². The van der Waals surface area contributed by atoms with Crippen molar-refractivity contribution in [2.75, 3.05) is 6.61 Å². The van der Waals surface area contributed by atoms with E-state index < -0.39 is 70.9 Å². The first-order chi connectivity index (χ1) is 22.0. The fourth-order valence-corrected chi connectivity index (χ4v) is 13.9. The van der Waals surface area contributed by atoms with E-state index in [2.05, 4.69) is 48.5 Å². The van der Waals surface area contributed by atoms with Crippen LogP contribution in [0.3, 0.4) is 0 Å². The van der Waals surface area contributed by atoms with Crippen molar-refractivity contribution in [1.29, 1.82) is 0 Å². The number of fused-ring (bicyclic) bond motifs is 7. The lowest BCUT2D eigenvalue weighted by Gasteiger charge is -2.74. The van der Waals surface area contributed by atoms with Gasteiger partial charge in [0.2, 0.25) is 0 Å². The van der Waals surface area contributed by atoms with E-state index in [4.69, 9.17) is 13.7 Å². The molecule has 0 aromatic carbocycles. The molecule has 1 unspecified atom stereocenters. The number of aliphatic hydroxyl groups is 5. The van der Waals surface area contributed by atoms with Crippen molar-refractivity contribution < 1.29 is 52.2 Å². The molecule has 1 aliphatic heterocycles. The summed E-state index contributed by atoms with van der Waals surface area (Å²) in [4.78, 5) is 0. The molecule has 6 aliphatic rings. The lowest BCUT2D eigenvalue weighted by Crippen LogP contribution is -2.70. The van der Waals surface area contributed by atoms with Crippen LogP contribution in [0, 0.1) is 56.7 Å². The zero-order chi connectivity index (χ0) is 35.6. The molecule has 5 saturated carbocycles. The summed E-state index contributed by atoms with van der Waals surface area (Å²) in [5.74, 6) is 1.38. The largest absolute Gasteiger partial charge is 0.397 e. The van der Waals surface area contributed by atoms with Gasteiger partial charge in [-0.1, -0.05) is 48.5 Å². The average Bonchev–Trinajstić information content (AvgIpc) is 2.97. The molecule has 6 rings (SSSR count). The van der Waals surface area contributed by atoms with Gasteiger partial charge in [0.15, 0.2) is 12.4 Å². The van der Waals surface area contributed by atoms with Gasteiger partial charge in [0.25, 0.3) is 0 Å². The van der Waals surface area contributed by atoms with Gasteiger partial charge < -0.3 is 35.0 Å². The standard InChI is InChI=1S/C36H62O11S/c1-19-26-20-9-10-23-32(4)13-12-25(46-30-29(47-48(42,43)44)28(40)27(39)21(18-37)45-30)31(2,3)22(32)11-14-34(23,6)35(20,7)17-24(38)33(26,5)15-16-36(19,8)41/h19-30,37-41H,9-18H2,1-8H3,(H,42,43,44)/t19-,20+,21+,22-,23+,24?,25-,26+,27+,28-,29+,30-,32-,33+,34+,35+,36+/m0/s1. The van der Waals surface area contributed by atoms with Crippen LogP contribution in [-0.2, 0) is 24.1 Å². The fourth-order valence-electron chi connectivity index (χ4n) is 13.4. The van der Waals surface area contributed by atoms with Gasteiger partial charge >= 0.3 is 10.4 Å². The summed E-state index contributed by atoms with van der Waals surface area (Å²) >= 11 is 0. The highest BCUT2D eigenvalue weighted by molar-refractivity contribution is 7.80. The van der Waals surface area contributed by atoms with E-state index in [1.807, 2.05) is 6.92 Å². The van der Waals surface area contributed by atoms with Crippen molar-refractivity contribution in [2.24, 2.45) is 56.7 Å². The molecule has 5 aliphatic carbocycles. The van der Waals surface area contributed by atoms with Crippen molar-refractivity contribution in [1.82, 2.24) is 0 Å². The van der Waals surface area contributed by atoms with Crippen LogP contribution in [0.2, 0.25) is 0 Å². The van der Waals surface area contributed by atoms with Crippen LogP contribution in [-0.4, -0.2) is 93.6 Å². The van der Waals surface area contributed by atoms with Crippen LogP contribution in [0.15, 0.2) is 0 Å². The molecule has 0 aromatic heterocycles. The van der Waals surface area contributed by atoms with E-state index in [0.717, 1.165) is 44.9 Å². The van der Waals surface area contributed by atoms with E-state index in [-0.39, 0.29) is 39.4 Å². The zero-order valence-electron chi connectivity index (χ0n) is 30.1. The normalized spacial score (nSPS) is 56.7. The molecular weight excluding hydrogens is 640 g/mol. The summed E-state index contributed by atoms with van der Waals surface area (Å²) in [5, 5.41) is 54.4. The minimum absolute atomic E-state index is 0.0221. The Kier molecular flexibility index (Phi) is 9.18. The molecular formula is C36H62O11S. The molecule has 0 spiro atoms. The molecule has 0 bridgehead atoms. The van der Waals surface area contributed by atoms with Crippen molar-refractivity contribution >= 4 is 10.4 Å². The topological polar surface area (TPSA) is 183 Å². The fraction of sp³-hybridized carbons (Fsp3) is 1.00. The molecule has 0 amide bonds. The predicted molar refractivity (Wildman–Crippen MR) is 177 cm³/mol. The van der Waals surface area contributed by atoms with Gasteiger partial charge in [0, 0.05) is 0 Å². The van der Waals surface area contributed by atoms with Crippen LogP contribution in [0.4, 0.5) is 0 Å². The summed E-state index contributed by atoms with van der Waals surface area (Å²) in [7, 11) is -5.02. The van der Waals surface area contributed by atoms with E-state index in [1.165, 1.54) is 0 Å². The van der Waals surface area contributed by atoms with Crippen molar-refractivity contribution in [2.45, 2.75) is 162 Å². The van der Waals surface area contributed by atoms with Gasteiger partial charge in [-0.15, -0.1) is 0 Å². The summed E-state index contributed by atoms with van der Waals surface area (Å²) in [6.07, 6.45) is -0.755. The second-order valence-corrected chi connectivity index (χ2v) is 19.8. The summed E-state index contributed by atoms with van der Waals surface area (Å²) in [6.45, 7) is 17.5. The summed E-state index contributed by atoms with van der Waals surface area (Å²) < 4.78 is 49.9. The van der Waals surface area contributed by atoms with Crippen LogP contribution in [0.25, 0.3) is 0 Å². The number of hydrogen-bond acceptors (Lipinski definition) is 10. The maximum atomic E-state index is 12.0. The Morgan fingerprint density at radius 2 is 1.48 bits per heavy atom. The number of rotatable bonds is 5. The maximum absolute atomic E-state index is 12.0. The van der Waals surface area contributed by atoms with Gasteiger partial charge in [0.1, 0.15) is 18.3 Å². The van der Waals surface area contributed by atoms with Crippen molar-refractivity contribution in [3.8, 4) is 0 Å². The third-order valence-corrected chi connectivity index (χ3v) is 17.0. The molecule has 6 N–H and O–H groups in total. The van der Waals surface area contributed by atoms with Gasteiger partial charge in [-0.3, -0.25) is 4.55 Å². The summed E-state index contributed by atoms with van der Waals surface area (Å²) in [6, 6.07) is 0. The van der Waals surface area contributed by atoms with E-state index in [9.17, 15) is 38.5 Å². The Hall–Kier alpha value is -0.410. The number of aliphatic hydroxyl groups excluding tert-OH is 4. The number of hydrogen-bond donors (Lipinski definition) is 6. The highest BCUT2D eigenvalue weighted by Gasteiger charge is 2.72. The Labute approximate surface area is 287 Å². The molecule has 0 aromatic rings. The Bertz CT molecular complexity index is 1340. The highest BCUT2D eigenvalue weighted by Crippen LogP contribution is 2.77. The molecule has 11 nitrogen and oxygen atoms in total. The van der Waals surface area contributed by atoms with E-state index >= 15 is 0 Å². The van der Waals surface area contributed by atoms with Gasteiger partial charge in [-0.25, -0.2) is 4.18 Å². The zero-order valence-corrected chi connectivity index (χ0v) is 30.9. The summed E-state index contributed by atoms with van der Waals surface area (Å²) in [5.41, 5.74) is -1.52. The lowest BCUT2D eigenvalue weighted by atomic mass is 9.31. The Morgan fingerprint density at radius 1 is 0.812 bits per heavy atom. The molecule has 12 heteroatoms. The quantitative estimate of drug-likeness (QED) is 0.181. The Balaban J connectivity index is 1.28. The van der Waals surface area contributed by atoms with Crippen LogP contribution >= 0.6 is 0 Å². The third-order valence-electron chi connectivity index (χ3n) is 16.5. The molecule has 17 atom stereocenters. The van der Waals surface area contributed by atoms with Crippen molar-refractivity contribution in [3.05, 3.63) is 0 Å². The van der Waals surface area contributed by atoms with Crippen LogP contribution < -0.4 is 0 Å². The smallest absolute Gasteiger partial charge is 0.394 e. The second-order valence-electron chi connectivity index (χ2n) is 18.7. The first-order valence-corrected chi connectivity index (χ1v) is 19.7. The third kappa shape index (κ3) is 5.32. The SMILES string of the molecule is C[C@H]1[C@@H]2[C@H]3CC[C@@H]4[C@@]5(C)CC[C@H](O[C@@H]6O[C@H](CO)[C@@H](O)[C@H](O)[C@H]6OS(=O)(=O)O)C(C)(C)[C@@H]5CC[C@@]4(C)[C@]3(C)CC(O)[C@@]2(C)CC[C@@]1(C)O. The van der Waals surface area contributed by atoms with Crippen molar-refractivity contribution in [3.63, 3.8) is 0 Å². The second kappa shape index (κ2) is 11.8. The molecule has 6 fully saturated rings. The van der Waals surface area contributed by atoms with Crippen LogP contribution in [0.5, 0.6) is 0 Å². The van der Waals surface area contributed by atoms with Gasteiger partial charge in [-0.2, -0.15) is 8.42 Å². The predicted octanol–water partition coefficient (Wildman–Crippen LogP) is 3.84. The van der Waals surface area contributed by atoms with E-state index in [1.54, 1.807) is 0 Å². The monoisotopic (exact) mass is 702 g/mol. The number of ether oxygens (including phenoxy) is 2. The Morgan fingerprint density at radius 3 is 2.10 bits per heavy atom.